The van der Waals surface area contributed by atoms with Crippen molar-refractivity contribution < 1.29 is 17.6 Å². The summed E-state index contributed by atoms with van der Waals surface area (Å²) in [4.78, 5) is 0. The van der Waals surface area contributed by atoms with Gasteiger partial charge >= 0.3 is 6.18 Å². The Labute approximate surface area is 97.6 Å². The highest BCUT2D eigenvalue weighted by atomic mass is 19.4. The Balaban J connectivity index is 3.01. The Kier molecular flexibility index (Phi) is 4.14. The zero-order valence-corrected chi connectivity index (χ0v) is 9.52. The third-order valence-electron chi connectivity index (χ3n) is 2.70. The Morgan fingerprint density at radius 1 is 1.00 bits per heavy atom. The quantitative estimate of drug-likeness (QED) is 0.810. The summed E-state index contributed by atoms with van der Waals surface area (Å²) in [7, 11) is 0. The normalized spacial score (nSPS) is 15.6. The molecule has 1 rings (SSSR count). The van der Waals surface area contributed by atoms with Gasteiger partial charge in [-0.25, -0.2) is 4.39 Å². The zero-order chi connectivity index (χ0) is 13.1. The highest BCUT2D eigenvalue weighted by Gasteiger charge is 2.33. The maximum Gasteiger partial charge on any atom is 0.416 e. The van der Waals surface area contributed by atoms with E-state index in [2.05, 4.69) is 0 Å². The zero-order valence-electron chi connectivity index (χ0n) is 9.52. The number of rotatable bonds is 4. The minimum Gasteiger partial charge on any atom is -0.327 e. The van der Waals surface area contributed by atoms with Gasteiger partial charge in [-0.2, -0.15) is 13.2 Å². The lowest BCUT2D eigenvalue weighted by atomic mass is 9.90. The molecule has 0 bridgehead atoms. The van der Waals surface area contributed by atoms with Crippen molar-refractivity contribution in [2.24, 2.45) is 5.73 Å². The van der Waals surface area contributed by atoms with E-state index < -0.39 is 17.4 Å². The van der Waals surface area contributed by atoms with E-state index in [1.165, 1.54) is 0 Å². The predicted octanol–water partition coefficient (Wildman–Crippen LogP) is 3.63. The van der Waals surface area contributed by atoms with Gasteiger partial charge in [0.15, 0.2) is 0 Å². The second-order valence-corrected chi connectivity index (χ2v) is 3.99. The van der Waals surface area contributed by atoms with E-state index in [9.17, 15) is 17.6 Å². The summed E-state index contributed by atoms with van der Waals surface area (Å²) >= 11 is 0. The summed E-state index contributed by atoms with van der Waals surface area (Å²) < 4.78 is 51.3. The van der Waals surface area contributed by atoms with Gasteiger partial charge in [-0.1, -0.05) is 25.5 Å². The van der Waals surface area contributed by atoms with Crippen LogP contribution < -0.4 is 5.73 Å². The lowest BCUT2D eigenvalue weighted by molar-refractivity contribution is -0.137. The van der Waals surface area contributed by atoms with Crippen LogP contribution >= 0.6 is 0 Å². The summed E-state index contributed by atoms with van der Waals surface area (Å²) in [5, 5.41) is 0. The summed E-state index contributed by atoms with van der Waals surface area (Å²) in [5.41, 5.74) is 3.04. The van der Waals surface area contributed by atoms with Crippen LogP contribution in [-0.4, -0.2) is 6.54 Å². The van der Waals surface area contributed by atoms with Gasteiger partial charge < -0.3 is 5.73 Å². The first-order valence-electron chi connectivity index (χ1n) is 5.40. The fourth-order valence-electron chi connectivity index (χ4n) is 1.72. The lowest BCUT2D eigenvalue weighted by Gasteiger charge is -2.24. The molecule has 1 atom stereocenters. The number of alkyl halides is 4. The molecule has 0 heterocycles. The van der Waals surface area contributed by atoms with Crippen LogP contribution in [-0.2, 0) is 11.8 Å². The molecule has 0 aliphatic rings. The molecule has 0 aliphatic carbocycles. The number of benzene rings is 1. The van der Waals surface area contributed by atoms with Crippen LogP contribution in [0, 0.1) is 0 Å². The average Bonchev–Trinajstić information content (AvgIpc) is 2.28. The Bertz CT molecular complexity index is 358. The van der Waals surface area contributed by atoms with E-state index in [0.717, 1.165) is 24.3 Å². The third-order valence-corrected chi connectivity index (χ3v) is 2.70. The van der Waals surface area contributed by atoms with Crippen LogP contribution in [0.15, 0.2) is 24.3 Å². The van der Waals surface area contributed by atoms with E-state index in [-0.39, 0.29) is 18.5 Å². The Hall–Kier alpha value is -1.10. The van der Waals surface area contributed by atoms with E-state index in [1.807, 2.05) is 0 Å². The summed E-state index contributed by atoms with van der Waals surface area (Å²) in [6, 6.07) is 4.08. The second-order valence-electron chi connectivity index (χ2n) is 3.99. The van der Waals surface area contributed by atoms with Crippen LogP contribution in [0.5, 0.6) is 0 Å². The molecule has 0 radical (unpaired) electrons. The number of nitrogens with two attached hydrogens (primary N) is 1. The molecule has 1 aromatic carbocycles. The molecule has 0 saturated carbocycles. The summed E-state index contributed by atoms with van der Waals surface area (Å²) in [6.07, 6.45) is -3.62. The third kappa shape index (κ3) is 3.19. The maximum absolute atomic E-state index is 14.3. The minimum absolute atomic E-state index is 0.203. The smallest absolute Gasteiger partial charge is 0.327 e. The fourth-order valence-corrected chi connectivity index (χ4v) is 1.72. The summed E-state index contributed by atoms with van der Waals surface area (Å²) in [6.45, 7) is 1.57. The molecule has 0 spiro atoms. The highest BCUT2D eigenvalue weighted by molar-refractivity contribution is 5.29. The minimum atomic E-state index is -4.40. The molecular weight excluding hydrogens is 234 g/mol. The van der Waals surface area contributed by atoms with Crippen molar-refractivity contribution in [3.63, 3.8) is 0 Å². The van der Waals surface area contributed by atoms with E-state index in [1.54, 1.807) is 6.92 Å². The SMILES string of the molecule is CCCC(F)(CN)c1ccc(C(F)(F)F)cc1. The molecular formula is C12H15F4N. The number of hydrogen-bond donors (Lipinski definition) is 1. The molecule has 96 valence electrons. The van der Waals surface area contributed by atoms with Crippen molar-refractivity contribution >= 4 is 0 Å². The highest BCUT2D eigenvalue weighted by Crippen LogP contribution is 2.34. The fraction of sp³-hybridized carbons (Fsp3) is 0.500. The van der Waals surface area contributed by atoms with E-state index in [4.69, 9.17) is 5.73 Å². The van der Waals surface area contributed by atoms with Crippen molar-refractivity contribution in [1.29, 1.82) is 0 Å². The van der Waals surface area contributed by atoms with Gasteiger partial charge in [0.05, 0.1) is 5.56 Å². The van der Waals surface area contributed by atoms with Crippen molar-refractivity contribution in [1.82, 2.24) is 0 Å². The van der Waals surface area contributed by atoms with Gasteiger partial charge in [0.25, 0.3) is 0 Å². The molecule has 1 aromatic rings. The molecule has 0 amide bonds. The first-order chi connectivity index (χ1) is 7.83. The second kappa shape index (κ2) is 5.04. The lowest BCUT2D eigenvalue weighted by Crippen LogP contribution is -2.30. The van der Waals surface area contributed by atoms with Crippen LogP contribution in [0.4, 0.5) is 17.6 Å². The summed E-state index contributed by atoms with van der Waals surface area (Å²) in [5.74, 6) is 0. The number of halogens is 4. The maximum atomic E-state index is 14.3. The van der Waals surface area contributed by atoms with Crippen LogP contribution in [0.1, 0.15) is 30.9 Å². The van der Waals surface area contributed by atoms with Crippen LogP contribution in [0.3, 0.4) is 0 Å². The van der Waals surface area contributed by atoms with E-state index >= 15 is 0 Å². The number of hydrogen-bond acceptors (Lipinski definition) is 1. The first kappa shape index (κ1) is 14.0. The molecule has 2 N–H and O–H groups in total. The molecule has 0 aromatic heterocycles. The van der Waals surface area contributed by atoms with E-state index in [0.29, 0.717) is 6.42 Å². The van der Waals surface area contributed by atoms with Crippen molar-refractivity contribution in [3.05, 3.63) is 35.4 Å². The van der Waals surface area contributed by atoms with Crippen molar-refractivity contribution in [2.45, 2.75) is 31.6 Å². The Morgan fingerprint density at radius 3 is 1.82 bits per heavy atom. The topological polar surface area (TPSA) is 26.0 Å². The predicted molar refractivity (Wildman–Crippen MR) is 58.2 cm³/mol. The molecule has 1 nitrogen and oxygen atoms in total. The molecule has 5 heteroatoms. The van der Waals surface area contributed by atoms with Gasteiger partial charge in [-0.15, -0.1) is 0 Å². The van der Waals surface area contributed by atoms with Gasteiger partial charge in [-0.05, 0) is 24.1 Å². The standard InChI is InChI=1S/C12H15F4N/c1-2-7-11(13,8-17)9-3-5-10(6-4-9)12(14,15)16/h3-6H,2,7-8,17H2,1H3. The van der Waals surface area contributed by atoms with Gasteiger partial charge in [0.2, 0.25) is 0 Å². The first-order valence-corrected chi connectivity index (χ1v) is 5.40. The van der Waals surface area contributed by atoms with Crippen LogP contribution in [0.2, 0.25) is 0 Å². The van der Waals surface area contributed by atoms with Crippen molar-refractivity contribution in [3.8, 4) is 0 Å². The molecule has 0 fully saturated rings. The molecule has 0 saturated heterocycles. The van der Waals surface area contributed by atoms with Gasteiger partial charge in [0.1, 0.15) is 5.67 Å². The van der Waals surface area contributed by atoms with Gasteiger partial charge in [0, 0.05) is 6.54 Å². The largest absolute Gasteiger partial charge is 0.416 e. The van der Waals surface area contributed by atoms with Gasteiger partial charge in [-0.3, -0.25) is 0 Å². The molecule has 17 heavy (non-hydrogen) atoms. The van der Waals surface area contributed by atoms with Crippen LogP contribution in [0.25, 0.3) is 0 Å². The molecule has 0 aliphatic heterocycles. The average molecular weight is 249 g/mol. The van der Waals surface area contributed by atoms with Crippen molar-refractivity contribution in [2.75, 3.05) is 6.54 Å². The Morgan fingerprint density at radius 2 is 1.47 bits per heavy atom. The monoisotopic (exact) mass is 249 g/mol. The molecule has 1 unspecified atom stereocenters.